The normalized spacial score (nSPS) is 14.3. The largest absolute Gasteiger partial charge is 0.573 e. The number of ether oxygens (including phenoxy) is 1. The summed E-state index contributed by atoms with van der Waals surface area (Å²) in [5.74, 6) is -2.19. The first-order valence-corrected chi connectivity index (χ1v) is 14.4. The Balaban J connectivity index is 1.55. The van der Waals surface area contributed by atoms with Gasteiger partial charge in [0.05, 0.1) is 19.7 Å². The monoisotopic (exact) mass is 629 g/mol. The number of rotatable bonds is 11. The molecule has 3 amide bonds. The van der Waals surface area contributed by atoms with E-state index in [4.69, 9.17) is 5.11 Å². The number of amides is 3. The van der Waals surface area contributed by atoms with Gasteiger partial charge in [0.25, 0.3) is 5.91 Å². The van der Waals surface area contributed by atoms with E-state index in [0.29, 0.717) is 17.2 Å². The van der Waals surface area contributed by atoms with Gasteiger partial charge in [-0.3, -0.25) is 9.69 Å². The third kappa shape index (κ3) is 9.43. The number of carbonyl (C=O) groups is 3. The molecule has 3 aromatic rings. The zero-order valence-corrected chi connectivity index (χ0v) is 24.2. The van der Waals surface area contributed by atoms with E-state index in [1.807, 2.05) is 24.3 Å². The molecule has 13 heteroatoms. The number of hydrogen-bond acceptors (Lipinski definition) is 6. The highest BCUT2D eigenvalue weighted by Crippen LogP contribution is 2.34. The van der Waals surface area contributed by atoms with Crippen LogP contribution in [-0.2, 0) is 17.9 Å². The third-order valence-electron chi connectivity index (χ3n) is 7.53. The number of aliphatic carboxylic acids is 1. The van der Waals surface area contributed by atoms with E-state index < -0.39 is 49.3 Å². The number of hydrogen-bond donors (Lipinski definition) is 5. The summed E-state index contributed by atoms with van der Waals surface area (Å²) in [7, 11) is 0. The van der Waals surface area contributed by atoms with E-state index in [-0.39, 0.29) is 23.4 Å². The number of aliphatic hydroxyl groups is 2. The second-order valence-corrected chi connectivity index (χ2v) is 10.7. The summed E-state index contributed by atoms with van der Waals surface area (Å²) >= 11 is 0. The number of urea groups is 1. The number of carboxylic acid groups (broad SMARTS) is 1. The Morgan fingerprint density at radius 3 is 2.22 bits per heavy atom. The van der Waals surface area contributed by atoms with Crippen LogP contribution in [0.5, 0.6) is 5.75 Å². The van der Waals surface area contributed by atoms with Crippen molar-refractivity contribution in [1.29, 1.82) is 0 Å². The summed E-state index contributed by atoms with van der Waals surface area (Å²) in [6.07, 6.45) is -0.957. The van der Waals surface area contributed by atoms with Crippen molar-refractivity contribution in [3.8, 4) is 5.75 Å². The van der Waals surface area contributed by atoms with Crippen LogP contribution in [0.2, 0.25) is 0 Å². The Bertz CT molecular complexity index is 1470. The van der Waals surface area contributed by atoms with Crippen LogP contribution >= 0.6 is 0 Å². The first-order valence-electron chi connectivity index (χ1n) is 14.4. The standard InChI is InChI=1S/C32H34F3N3O7/c33-32(34,35)45-28-15-12-25(16-24(28)19-39)37-31(44)38(26-13-10-22(11-14-26)21-4-2-1-3-5-21)18-20-6-8-23(9-7-20)29(41)36-17-27(40)30(42)43/h6-16,21,27,39-40H,1-5,17-19H2,(H,36,41)(H,37,44)(H,42,43)/t27-/m1/s1. The first kappa shape index (κ1) is 33.3. The summed E-state index contributed by atoms with van der Waals surface area (Å²) in [5.41, 5.74) is 2.54. The van der Waals surface area contributed by atoms with E-state index in [1.54, 1.807) is 12.1 Å². The molecule has 1 atom stereocenters. The average molecular weight is 630 g/mol. The number of aliphatic hydroxyl groups excluding tert-OH is 2. The lowest BCUT2D eigenvalue weighted by Gasteiger charge is -2.26. The van der Waals surface area contributed by atoms with E-state index in [1.165, 1.54) is 41.1 Å². The van der Waals surface area contributed by atoms with Crippen molar-refractivity contribution in [2.75, 3.05) is 16.8 Å². The average Bonchev–Trinajstić information content (AvgIpc) is 3.03. The van der Waals surface area contributed by atoms with Gasteiger partial charge in [-0.25, -0.2) is 9.59 Å². The molecule has 0 spiro atoms. The predicted molar refractivity (Wildman–Crippen MR) is 159 cm³/mol. The molecule has 1 saturated carbocycles. The topological polar surface area (TPSA) is 148 Å². The minimum Gasteiger partial charge on any atom is -0.479 e. The highest BCUT2D eigenvalue weighted by atomic mass is 19.4. The molecule has 5 N–H and O–H groups in total. The highest BCUT2D eigenvalue weighted by Gasteiger charge is 2.32. The second-order valence-electron chi connectivity index (χ2n) is 10.7. The van der Waals surface area contributed by atoms with Crippen LogP contribution < -0.4 is 20.3 Å². The molecule has 1 aliphatic rings. The summed E-state index contributed by atoms with van der Waals surface area (Å²) in [6, 6.07) is 16.7. The van der Waals surface area contributed by atoms with Crippen LogP contribution in [0.1, 0.15) is 65.1 Å². The second kappa shape index (κ2) is 14.9. The smallest absolute Gasteiger partial charge is 0.479 e. The minimum absolute atomic E-state index is 0.0519. The van der Waals surface area contributed by atoms with E-state index in [0.717, 1.165) is 31.7 Å². The summed E-state index contributed by atoms with van der Waals surface area (Å²) in [5, 5.41) is 32.8. The molecule has 4 rings (SSSR count). The van der Waals surface area contributed by atoms with Gasteiger partial charge in [-0.15, -0.1) is 13.2 Å². The SMILES string of the molecule is O=C(NC[C@@H](O)C(=O)O)c1ccc(CN(C(=O)Nc2ccc(OC(F)(F)F)c(CO)c2)c2ccc(C3CCCCC3)cc2)cc1. The molecule has 45 heavy (non-hydrogen) atoms. The molecule has 1 fully saturated rings. The Kier molecular flexibility index (Phi) is 11.0. The molecular weight excluding hydrogens is 595 g/mol. The lowest BCUT2D eigenvalue weighted by atomic mass is 9.84. The number of carbonyl (C=O) groups excluding carboxylic acids is 2. The number of benzene rings is 3. The Morgan fingerprint density at radius 2 is 1.62 bits per heavy atom. The van der Waals surface area contributed by atoms with Crippen molar-refractivity contribution in [2.24, 2.45) is 0 Å². The van der Waals surface area contributed by atoms with E-state index in [9.17, 15) is 37.8 Å². The molecule has 10 nitrogen and oxygen atoms in total. The summed E-state index contributed by atoms with van der Waals surface area (Å²) in [4.78, 5) is 38.2. The van der Waals surface area contributed by atoms with Crippen molar-refractivity contribution < 1.29 is 47.6 Å². The highest BCUT2D eigenvalue weighted by molar-refractivity contribution is 6.02. The predicted octanol–water partition coefficient (Wildman–Crippen LogP) is 5.54. The number of carboxylic acids is 1. The lowest BCUT2D eigenvalue weighted by Crippen LogP contribution is -2.36. The molecule has 0 heterocycles. The Labute approximate surface area is 257 Å². The van der Waals surface area contributed by atoms with Crippen LogP contribution in [0, 0.1) is 0 Å². The summed E-state index contributed by atoms with van der Waals surface area (Å²) in [6.45, 7) is -1.17. The quantitative estimate of drug-likeness (QED) is 0.187. The summed E-state index contributed by atoms with van der Waals surface area (Å²) < 4.78 is 42.2. The maximum atomic E-state index is 13.6. The van der Waals surface area contributed by atoms with Crippen molar-refractivity contribution in [3.63, 3.8) is 0 Å². The molecule has 0 unspecified atom stereocenters. The molecule has 3 aromatic carbocycles. The lowest BCUT2D eigenvalue weighted by molar-refractivity contribution is -0.275. The van der Waals surface area contributed by atoms with Crippen molar-refractivity contribution in [2.45, 2.75) is 63.6 Å². The maximum absolute atomic E-state index is 13.6. The van der Waals surface area contributed by atoms with Crippen molar-refractivity contribution >= 4 is 29.3 Å². The third-order valence-corrected chi connectivity index (χ3v) is 7.53. The van der Waals surface area contributed by atoms with Crippen molar-refractivity contribution in [3.05, 3.63) is 89.0 Å². The van der Waals surface area contributed by atoms with E-state index >= 15 is 0 Å². The van der Waals surface area contributed by atoms with Gasteiger partial charge in [-0.2, -0.15) is 0 Å². The fraction of sp³-hybridized carbons (Fsp3) is 0.344. The maximum Gasteiger partial charge on any atom is 0.573 e. The molecule has 0 bridgehead atoms. The Hall–Kier alpha value is -4.62. The van der Waals surface area contributed by atoms with Crippen molar-refractivity contribution in [1.82, 2.24) is 5.32 Å². The van der Waals surface area contributed by atoms with Crippen LogP contribution in [0.3, 0.4) is 0 Å². The van der Waals surface area contributed by atoms with Gasteiger partial charge in [0, 0.05) is 22.5 Å². The number of nitrogens with zero attached hydrogens (tertiary/aromatic N) is 1. The van der Waals surface area contributed by atoms with Crippen LogP contribution in [0.25, 0.3) is 0 Å². The van der Waals surface area contributed by atoms with Gasteiger partial charge in [-0.1, -0.05) is 43.5 Å². The van der Waals surface area contributed by atoms with E-state index in [2.05, 4.69) is 15.4 Å². The van der Waals surface area contributed by atoms with Gasteiger partial charge in [0.1, 0.15) is 5.75 Å². The van der Waals surface area contributed by atoms with Gasteiger partial charge < -0.3 is 30.7 Å². The number of halogens is 3. The number of alkyl halides is 3. The molecule has 0 aromatic heterocycles. The number of anilines is 2. The van der Waals surface area contributed by atoms with Crippen LogP contribution in [0.4, 0.5) is 29.3 Å². The van der Waals surface area contributed by atoms with Gasteiger partial charge in [-0.05, 0) is 72.4 Å². The fourth-order valence-electron chi connectivity index (χ4n) is 5.16. The molecular formula is C32H34F3N3O7. The van der Waals surface area contributed by atoms with Crippen LogP contribution in [-0.4, -0.2) is 52.2 Å². The minimum atomic E-state index is -4.95. The Morgan fingerprint density at radius 1 is 0.956 bits per heavy atom. The zero-order chi connectivity index (χ0) is 32.6. The molecule has 0 aliphatic heterocycles. The molecule has 0 radical (unpaired) electrons. The zero-order valence-electron chi connectivity index (χ0n) is 24.2. The number of nitrogens with one attached hydrogen (secondary N) is 2. The molecule has 0 saturated heterocycles. The molecule has 1 aliphatic carbocycles. The molecule has 240 valence electrons. The van der Waals surface area contributed by atoms with Gasteiger partial charge >= 0.3 is 18.4 Å². The van der Waals surface area contributed by atoms with Crippen LogP contribution in [0.15, 0.2) is 66.7 Å². The first-order chi connectivity index (χ1) is 21.4. The fourth-order valence-corrected chi connectivity index (χ4v) is 5.16. The van der Waals surface area contributed by atoms with Gasteiger partial charge in [0.15, 0.2) is 6.10 Å². The van der Waals surface area contributed by atoms with Gasteiger partial charge in [0.2, 0.25) is 0 Å².